The number of aryl methyl sites for hydroxylation is 1. The summed E-state index contributed by atoms with van der Waals surface area (Å²) in [7, 11) is 2.03. The number of aromatic nitrogens is 4. The summed E-state index contributed by atoms with van der Waals surface area (Å²) in [6.07, 6.45) is 6.93. The number of hydrogen-bond acceptors (Lipinski definition) is 6. The normalized spacial score (nSPS) is 18.1. The van der Waals surface area contributed by atoms with Crippen LogP contribution in [0.25, 0.3) is 0 Å². The molecule has 2 aromatic heterocycles. The number of rotatable bonds is 1. The summed E-state index contributed by atoms with van der Waals surface area (Å²) in [5.41, 5.74) is 1.90. The van der Waals surface area contributed by atoms with E-state index in [4.69, 9.17) is 0 Å². The second-order valence-electron chi connectivity index (χ2n) is 4.31. The number of anilines is 3. The molecular formula is C12H14N6. The highest BCUT2D eigenvalue weighted by molar-refractivity contribution is 5.78. The highest BCUT2D eigenvalue weighted by atomic mass is 15.4. The van der Waals surface area contributed by atoms with E-state index in [0.29, 0.717) is 0 Å². The Hall–Kier alpha value is -2.24. The van der Waals surface area contributed by atoms with Gasteiger partial charge < -0.3 is 4.90 Å². The lowest BCUT2D eigenvalue weighted by Gasteiger charge is -2.26. The van der Waals surface area contributed by atoms with Crippen LogP contribution in [0.15, 0.2) is 24.9 Å². The fraction of sp³-hybridized carbons (Fsp3) is 0.333. The number of hydrogen-bond donors (Lipinski definition) is 0. The first-order chi connectivity index (χ1) is 8.70. The van der Waals surface area contributed by atoms with Crippen molar-refractivity contribution in [2.75, 3.05) is 16.8 Å². The summed E-state index contributed by atoms with van der Waals surface area (Å²) < 4.78 is 0. The summed E-state index contributed by atoms with van der Waals surface area (Å²) >= 11 is 0. The summed E-state index contributed by atoms with van der Waals surface area (Å²) in [4.78, 5) is 21.4. The van der Waals surface area contributed by atoms with Crippen LogP contribution in [0.5, 0.6) is 0 Å². The monoisotopic (exact) mass is 242 g/mol. The van der Waals surface area contributed by atoms with Crippen molar-refractivity contribution in [1.29, 1.82) is 0 Å². The van der Waals surface area contributed by atoms with Crippen molar-refractivity contribution in [2.24, 2.45) is 0 Å². The predicted molar refractivity (Wildman–Crippen MR) is 68.8 cm³/mol. The molecule has 3 rings (SSSR count). The van der Waals surface area contributed by atoms with Gasteiger partial charge in [0.25, 0.3) is 0 Å². The van der Waals surface area contributed by atoms with Gasteiger partial charge in [-0.3, -0.25) is 9.88 Å². The molecule has 0 bridgehead atoms. The number of nitrogens with zero attached hydrogens (tertiary/aromatic N) is 6. The van der Waals surface area contributed by atoms with E-state index in [0.717, 1.165) is 23.0 Å². The maximum atomic E-state index is 4.42. The smallest absolute Gasteiger partial charge is 0.163 e. The molecule has 18 heavy (non-hydrogen) atoms. The van der Waals surface area contributed by atoms with Gasteiger partial charge in [0, 0.05) is 19.4 Å². The first-order valence-corrected chi connectivity index (χ1v) is 5.80. The molecule has 0 radical (unpaired) electrons. The standard InChI is InChI=1S/C12H14N6/c1-8-11(15-5-4-14-8)18-9(2)17(3)10-6-13-7-16-12(10)18/h4-7,9H,1-3H3. The number of fused-ring (bicyclic) bond motifs is 1. The average molecular weight is 242 g/mol. The molecule has 1 unspecified atom stereocenters. The highest BCUT2D eigenvalue weighted by Crippen LogP contribution is 2.40. The molecule has 1 aliphatic rings. The van der Waals surface area contributed by atoms with Crippen molar-refractivity contribution in [1.82, 2.24) is 19.9 Å². The second-order valence-corrected chi connectivity index (χ2v) is 4.31. The highest BCUT2D eigenvalue weighted by Gasteiger charge is 2.34. The minimum absolute atomic E-state index is 0.145. The van der Waals surface area contributed by atoms with E-state index < -0.39 is 0 Å². The third-order valence-electron chi connectivity index (χ3n) is 3.30. The van der Waals surface area contributed by atoms with Crippen molar-refractivity contribution in [3.05, 3.63) is 30.6 Å². The Morgan fingerprint density at radius 3 is 2.67 bits per heavy atom. The molecule has 0 N–H and O–H groups in total. The Morgan fingerprint density at radius 1 is 1.11 bits per heavy atom. The summed E-state index contributed by atoms with van der Waals surface area (Å²) in [5, 5.41) is 0. The van der Waals surface area contributed by atoms with Gasteiger partial charge in [-0.1, -0.05) is 0 Å². The van der Waals surface area contributed by atoms with Gasteiger partial charge in [-0.15, -0.1) is 0 Å². The zero-order valence-corrected chi connectivity index (χ0v) is 10.6. The van der Waals surface area contributed by atoms with Gasteiger partial charge in [0.15, 0.2) is 11.6 Å². The maximum Gasteiger partial charge on any atom is 0.163 e. The zero-order valence-electron chi connectivity index (χ0n) is 10.6. The van der Waals surface area contributed by atoms with Crippen molar-refractivity contribution in [3.63, 3.8) is 0 Å². The fourth-order valence-electron chi connectivity index (χ4n) is 2.22. The van der Waals surface area contributed by atoms with Gasteiger partial charge in [-0.05, 0) is 13.8 Å². The SMILES string of the molecule is Cc1nccnc1N1c2ncncc2N(C)C1C. The van der Waals surface area contributed by atoms with Gasteiger partial charge in [0.05, 0.1) is 11.9 Å². The molecule has 0 amide bonds. The summed E-state index contributed by atoms with van der Waals surface area (Å²) in [6, 6.07) is 0. The first-order valence-electron chi connectivity index (χ1n) is 5.80. The molecule has 2 aromatic rings. The zero-order chi connectivity index (χ0) is 12.7. The van der Waals surface area contributed by atoms with Crippen molar-refractivity contribution in [3.8, 4) is 0 Å². The fourth-order valence-corrected chi connectivity index (χ4v) is 2.22. The Labute approximate surface area is 105 Å². The van der Waals surface area contributed by atoms with E-state index in [1.165, 1.54) is 0 Å². The molecule has 1 atom stereocenters. The van der Waals surface area contributed by atoms with Crippen LogP contribution in [0.2, 0.25) is 0 Å². The van der Waals surface area contributed by atoms with Crippen LogP contribution in [0.1, 0.15) is 12.6 Å². The maximum absolute atomic E-state index is 4.42. The van der Waals surface area contributed by atoms with Crippen LogP contribution < -0.4 is 9.80 Å². The van der Waals surface area contributed by atoms with E-state index in [1.807, 2.05) is 20.2 Å². The van der Waals surface area contributed by atoms with Crippen LogP contribution in [0.4, 0.5) is 17.3 Å². The lowest BCUT2D eigenvalue weighted by Crippen LogP contribution is -2.36. The Kier molecular flexibility index (Phi) is 2.36. The molecule has 6 heteroatoms. The van der Waals surface area contributed by atoms with E-state index in [1.54, 1.807) is 18.7 Å². The molecule has 0 fully saturated rings. The van der Waals surface area contributed by atoms with Crippen LogP contribution in [0, 0.1) is 6.92 Å². The third-order valence-corrected chi connectivity index (χ3v) is 3.30. The Bertz CT molecular complexity index is 584. The summed E-state index contributed by atoms with van der Waals surface area (Å²) in [5.74, 6) is 1.72. The van der Waals surface area contributed by atoms with Gasteiger partial charge in [0.2, 0.25) is 0 Å². The molecule has 0 spiro atoms. The van der Waals surface area contributed by atoms with Crippen LogP contribution in [-0.2, 0) is 0 Å². The average Bonchev–Trinajstić information content (AvgIpc) is 2.64. The largest absolute Gasteiger partial charge is 0.350 e. The molecule has 3 heterocycles. The molecule has 6 nitrogen and oxygen atoms in total. The Morgan fingerprint density at radius 2 is 1.89 bits per heavy atom. The lowest BCUT2D eigenvalue weighted by molar-refractivity contribution is 0.719. The van der Waals surface area contributed by atoms with Crippen molar-refractivity contribution >= 4 is 17.3 Å². The molecule has 0 saturated carbocycles. The van der Waals surface area contributed by atoms with Gasteiger partial charge >= 0.3 is 0 Å². The first kappa shape index (κ1) is 10.9. The van der Waals surface area contributed by atoms with E-state index >= 15 is 0 Å². The molecule has 0 aliphatic carbocycles. The van der Waals surface area contributed by atoms with Crippen LogP contribution >= 0.6 is 0 Å². The van der Waals surface area contributed by atoms with Gasteiger partial charge in [-0.2, -0.15) is 0 Å². The Balaban J connectivity index is 2.16. The predicted octanol–water partition coefficient (Wildman–Crippen LogP) is 1.51. The molecule has 92 valence electrons. The van der Waals surface area contributed by atoms with Crippen LogP contribution in [-0.4, -0.2) is 33.1 Å². The van der Waals surface area contributed by atoms with E-state index in [2.05, 4.69) is 36.7 Å². The van der Waals surface area contributed by atoms with Crippen molar-refractivity contribution < 1.29 is 0 Å². The van der Waals surface area contributed by atoms with Gasteiger partial charge in [0.1, 0.15) is 18.2 Å². The lowest BCUT2D eigenvalue weighted by atomic mass is 10.3. The third kappa shape index (κ3) is 1.42. The second kappa shape index (κ2) is 3.90. The quantitative estimate of drug-likeness (QED) is 0.755. The van der Waals surface area contributed by atoms with Crippen LogP contribution in [0.3, 0.4) is 0 Å². The molecular weight excluding hydrogens is 228 g/mol. The molecule has 1 aliphatic heterocycles. The molecule has 0 aromatic carbocycles. The van der Waals surface area contributed by atoms with E-state index in [9.17, 15) is 0 Å². The topological polar surface area (TPSA) is 58.0 Å². The minimum atomic E-state index is 0.145. The minimum Gasteiger partial charge on any atom is -0.350 e. The van der Waals surface area contributed by atoms with E-state index in [-0.39, 0.29) is 6.17 Å². The molecule has 0 saturated heterocycles. The van der Waals surface area contributed by atoms with Gasteiger partial charge in [-0.25, -0.2) is 15.0 Å². The van der Waals surface area contributed by atoms with Crippen molar-refractivity contribution in [2.45, 2.75) is 20.0 Å². The summed E-state index contributed by atoms with van der Waals surface area (Å²) in [6.45, 7) is 4.06.